The van der Waals surface area contributed by atoms with E-state index < -0.39 is 0 Å². The summed E-state index contributed by atoms with van der Waals surface area (Å²) in [7, 11) is 0. The molecule has 4 aliphatic rings. The molecule has 0 atom stereocenters. The van der Waals surface area contributed by atoms with Gasteiger partial charge < -0.3 is 4.90 Å². The highest BCUT2D eigenvalue weighted by Gasteiger charge is 2.54. The summed E-state index contributed by atoms with van der Waals surface area (Å²) in [6.45, 7) is 3.71. The number of thiophene rings is 1. The van der Waals surface area contributed by atoms with Crippen molar-refractivity contribution in [3.05, 3.63) is 40.3 Å². The Bertz CT molecular complexity index is 774. The van der Waals surface area contributed by atoms with Crippen molar-refractivity contribution in [2.75, 3.05) is 0 Å². The Morgan fingerprint density at radius 1 is 1.26 bits per heavy atom. The molecule has 4 fully saturated rings. The zero-order chi connectivity index (χ0) is 18.4. The molecule has 2 aromatic heterocycles. The Balaban J connectivity index is 1.43. The first kappa shape index (κ1) is 17.5. The van der Waals surface area contributed by atoms with Crippen LogP contribution >= 0.6 is 11.3 Å². The van der Waals surface area contributed by atoms with Crippen LogP contribution in [0.1, 0.15) is 55.9 Å². The van der Waals surface area contributed by atoms with Crippen LogP contribution in [0.4, 0.5) is 0 Å². The molecule has 0 spiro atoms. The molecule has 0 N–H and O–H groups in total. The maximum Gasteiger partial charge on any atom is 0.227 e. The number of hydrogen-bond donors (Lipinski definition) is 0. The quantitative estimate of drug-likeness (QED) is 0.736. The number of aryl methyl sites for hydroxylation is 1. The van der Waals surface area contributed by atoms with Crippen LogP contribution in [0.3, 0.4) is 0 Å². The Hall–Kier alpha value is -1.62. The van der Waals surface area contributed by atoms with Crippen LogP contribution in [-0.4, -0.2) is 26.1 Å². The molecule has 4 aliphatic carbocycles. The number of rotatable bonds is 6. The molecule has 4 nitrogen and oxygen atoms in total. The Kier molecular flexibility index (Phi) is 4.38. The molecule has 5 heteroatoms. The fraction of sp³-hybridized carbons (Fsp3) is 0.636. The van der Waals surface area contributed by atoms with Gasteiger partial charge in [0.25, 0.3) is 0 Å². The van der Waals surface area contributed by atoms with Gasteiger partial charge in [-0.1, -0.05) is 6.07 Å². The fourth-order valence-electron chi connectivity index (χ4n) is 6.41. The fourth-order valence-corrected chi connectivity index (χ4v) is 7.11. The second-order valence-corrected chi connectivity index (χ2v) is 10.1. The highest BCUT2D eigenvalue weighted by molar-refractivity contribution is 7.09. The lowest BCUT2D eigenvalue weighted by Gasteiger charge is -2.60. The predicted molar refractivity (Wildman–Crippen MR) is 107 cm³/mol. The van der Waals surface area contributed by atoms with E-state index in [2.05, 4.69) is 34.4 Å². The van der Waals surface area contributed by atoms with Crippen molar-refractivity contribution < 1.29 is 4.79 Å². The maximum absolute atomic E-state index is 13.5. The molecular formula is C22H29N3OS. The Morgan fingerprint density at radius 2 is 1.96 bits per heavy atom. The number of nitrogens with zero attached hydrogens (tertiary/aromatic N) is 3. The van der Waals surface area contributed by atoms with E-state index in [1.54, 1.807) is 11.3 Å². The minimum atomic E-state index is 0.108. The van der Waals surface area contributed by atoms with Crippen molar-refractivity contribution in [3.63, 3.8) is 0 Å². The molecule has 0 radical (unpaired) electrons. The average molecular weight is 384 g/mol. The third kappa shape index (κ3) is 3.24. The maximum atomic E-state index is 13.5. The first-order valence-electron chi connectivity index (χ1n) is 10.5. The zero-order valence-corrected chi connectivity index (χ0v) is 17.0. The molecule has 0 unspecified atom stereocenters. The normalized spacial score (nSPS) is 31.4. The summed E-state index contributed by atoms with van der Waals surface area (Å²) in [4.78, 5) is 17.2. The number of hydrogen-bond acceptors (Lipinski definition) is 3. The van der Waals surface area contributed by atoms with Crippen LogP contribution in [0.25, 0.3) is 0 Å². The zero-order valence-electron chi connectivity index (χ0n) is 16.1. The largest absolute Gasteiger partial charge is 0.332 e. The second-order valence-electron chi connectivity index (χ2n) is 9.08. The number of amides is 1. The summed E-state index contributed by atoms with van der Waals surface area (Å²) in [5.74, 6) is 2.83. The van der Waals surface area contributed by atoms with Crippen molar-refractivity contribution >= 4 is 17.2 Å². The molecule has 4 bridgehead atoms. The Morgan fingerprint density at radius 3 is 2.52 bits per heavy atom. The van der Waals surface area contributed by atoms with E-state index in [0.717, 1.165) is 36.4 Å². The highest BCUT2D eigenvalue weighted by atomic mass is 32.1. The first-order valence-corrected chi connectivity index (χ1v) is 11.4. The van der Waals surface area contributed by atoms with Gasteiger partial charge in [0, 0.05) is 23.2 Å². The summed E-state index contributed by atoms with van der Waals surface area (Å²) in [5, 5.41) is 6.49. The monoisotopic (exact) mass is 383 g/mol. The smallest absolute Gasteiger partial charge is 0.227 e. The molecule has 2 heterocycles. The molecular weight excluding hydrogens is 354 g/mol. The average Bonchev–Trinajstić information content (AvgIpc) is 3.29. The first-order chi connectivity index (χ1) is 13.1. The van der Waals surface area contributed by atoms with Crippen molar-refractivity contribution in [1.82, 2.24) is 14.7 Å². The van der Waals surface area contributed by atoms with Gasteiger partial charge in [-0.2, -0.15) is 5.10 Å². The third-order valence-corrected chi connectivity index (χ3v) is 8.00. The van der Waals surface area contributed by atoms with Gasteiger partial charge in [-0.05, 0) is 80.2 Å². The summed E-state index contributed by atoms with van der Waals surface area (Å²) in [6.07, 6.45) is 12.3. The van der Waals surface area contributed by atoms with Gasteiger partial charge in [0.1, 0.15) is 0 Å². The number of aromatic nitrogens is 2. The number of carbonyl (C=O) groups is 1. The van der Waals surface area contributed by atoms with E-state index in [1.807, 2.05) is 17.1 Å². The summed E-state index contributed by atoms with van der Waals surface area (Å²) in [6, 6.07) is 4.29. The van der Waals surface area contributed by atoms with Gasteiger partial charge in [-0.25, -0.2) is 0 Å². The highest BCUT2D eigenvalue weighted by Crippen LogP contribution is 2.58. The molecule has 0 aliphatic heterocycles. The van der Waals surface area contributed by atoms with Gasteiger partial charge in [0.2, 0.25) is 5.91 Å². The van der Waals surface area contributed by atoms with Gasteiger partial charge in [-0.3, -0.25) is 9.48 Å². The molecule has 2 aromatic rings. The van der Waals surface area contributed by atoms with E-state index in [0.29, 0.717) is 12.3 Å². The van der Waals surface area contributed by atoms with Gasteiger partial charge in [-0.15, -0.1) is 11.3 Å². The van der Waals surface area contributed by atoms with Gasteiger partial charge >= 0.3 is 0 Å². The van der Waals surface area contributed by atoms with E-state index in [-0.39, 0.29) is 5.54 Å². The van der Waals surface area contributed by atoms with Gasteiger partial charge in [0.15, 0.2) is 0 Å². The summed E-state index contributed by atoms with van der Waals surface area (Å²) < 4.78 is 1.91. The van der Waals surface area contributed by atoms with Crippen LogP contribution in [0.2, 0.25) is 0 Å². The molecule has 27 heavy (non-hydrogen) atoms. The standard InChI is InChI=1S/C22H29N3OS/c1-2-24-14-19(13-23-24)9-21(26)25(15-20-4-3-5-27-20)22-10-16-6-17(11-22)8-18(7-16)12-22/h3-5,13-14,16-18H,2,6-12,15H2,1H3. The van der Waals surface area contributed by atoms with E-state index in [9.17, 15) is 4.79 Å². The summed E-state index contributed by atoms with van der Waals surface area (Å²) in [5.41, 5.74) is 1.15. The summed E-state index contributed by atoms with van der Waals surface area (Å²) >= 11 is 1.78. The van der Waals surface area contributed by atoms with Crippen molar-refractivity contribution in [2.45, 2.75) is 70.5 Å². The molecule has 4 saturated carbocycles. The van der Waals surface area contributed by atoms with Crippen LogP contribution in [0.15, 0.2) is 29.9 Å². The second kappa shape index (κ2) is 6.77. The third-order valence-electron chi connectivity index (χ3n) is 7.14. The molecule has 0 aromatic carbocycles. The Labute approximate surface area is 165 Å². The van der Waals surface area contributed by atoms with Crippen molar-refractivity contribution in [2.24, 2.45) is 17.8 Å². The molecule has 6 rings (SSSR count). The van der Waals surface area contributed by atoms with Crippen LogP contribution in [0, 0.1) is 17.8 Å². The lowest BCUT2D eigenvalue weighted by molar-refractivity contribution is -0.151. The van der Waals surface area contributed by atoms with Crippen molar-refractivity contribution in [3.8, 4) is 0 Å². The SMILES string of the molecule is CCn1cc(CC(=O)N(Cc2cccs2)C23CC4CC(CC(C4)C2)C3)cn1. The molecule has 0 saturated heterocycles. The lowest BCUT2D eigenvalue weighted by Crippen LogP contribution is -2.61. The van der Waals surface area contributed by atoms with Gasteiger partial charge in [0.05, 0.1) is 19.2 Å². The molecule has 1 amide bonds. The molecule has 144 valence electrons. The predicted octanol–water partition coefficient (Wildman–Crippen LogP) is 4.50. The van der Waals surface area contributed by atoms with E-state index in [1.165, 1.54) is 43.4 Å². The number of carbonyl (C=O) groups excluding carboxylic acids is 1. The minimum Gasteiger partial charge on any atom is -0.332 e. The van der Waals surface area contributed by atoms with Crippen LogP contribution < -0.4 is 0 Å². The van der Waals surface area contributed by atoms with Crippen LogP contribution in [-0.2, 0) is 24.3 Å². The van der Waals surface area contributed by atoms with E-state index >= 15 is 0 Å². The minimum absolute atomic E-state index is 0.108. The van der Waals surface area contributed by atoms with E-state index in [4.69, 9.17) is 0 Å². The topological polar surface area (TPSA) is 38.1 Å². The van der Waals surface area contributed by atoms with Crippen LogP contribution in [0.5, 0.6) is 0 Å². The van der Waals surface area contributed by atoms with Crippen molar-refractivity contribution in [1.29, 1.82) is 0 Å². The lowest BCUT2D eigenvalue weighted by atomic mass is 9.52.